The van der Waals surface area contributed by atoms with E-state index < -0.39 is 0 Å². The number of methoxy groups -OCH3 is 2. The van der Waals surface area contributed by atoms with Gasteiger partial charge in [-0.3, -0.25) is 4.79 Å². The fourth-order valence-corrected chi connectivity index (χ4v) is 3.89. The number of amides is 1. The SMILES string of the molecule is COc1ccc(OC)c(C2CCCN2C(=O)CSc2ccccn2)c1. The van der Waals surface area contributed by atoms with Gasteiger partial charge in [-0.2, -0.15) is 0 Å². The molecule has 1 saturated heterocycles. The highest BCUT2D eigenvalue weighted by molar-refractivity contribution is 7.99. The van der Waals surface area contributed by atoms with Crippen LogP contribution in [0.1, 0.15) is 24.4 Å². The van der Waals surface area contributed by atoms with Crippen LogP contribution in [0.15, 0.2) is 47.6 Å². The van der Waals surface area contributed by atoms with Gasteiger partial charge in [0.25, 0.3) is 0 Å². The summed E-state index contributed by atoms with van der Waals surface area (Å²) in [6, 6.07) is 11.5. The number of pyridine rings is 1. The summed E-state index contributed by atoms with van der Waals surface area (Å²) in [4.78, 5) is 19.0. The van der Waals surface area contributed by atoms with Gasteiger partial charge in [0, 0.05) is 18.3 Å². The highest BCUT2D eigenvalue weighted by Crippen LogP contribution is 2.39. The van der Waals surface area contributed by atoms with Gasteiger partial charge in [-0.05, 0) is 43.2 Å². The van der Waals surface area contributed by atoms with Gasteiger partial charge in [-0.1, -0.05) is 17.8 Å². The number of hydrogen-bond acceptors (Lipinski definition) is 5. The molecule has 3 rings (SSSR count). The van der Waals surface area contributed by atoms with E-state index in [1.165, 1.54) is 11.8 Å². The van der Waals surface area contributed by atoms with Crippen LogP contribution >= 0.6 is 11.8 Å². The molecule has 6 heteroatoms. The third-order valence-corrected chi connectivity index (χ3v) is 5.28. The molecule has 1 unspecified atom stereocenters. The van der Waals surface area contributed by atoms with Crippen LogP contribution in [0.2, 0.25) is 0 Å². The average molecular weight is 358 g/mol. The summed E-state index contributed by atoms with van der Waals surface area (Å²) in [6.07, 6.45) is 3.67. The molecule has 5 nitrogen and oxygen atoms in total. The summed E-state index contributed by atoms with van der Waals surface area (Å²) in [6.45, 7) is 0.770. The predicted octanol–water partition coefficient (Wildman–Crippen LogP) is 3.55. The van der Waals surface area contributed by atoms with Gasteiger partial charge >= 0.3 is 0 Å². The summed E-state index contributed by atoms with van der Waals surface area (Å²) in [7, 11) is 3.30. The Morgan fingerprint density at radius 1 is 1.28 bits per heavy atom. The lowest BCUT2D eigenvalue weighted by Gasteiger charge is -2.26. The normalized spacial score (nSPS) is 16.7. The summed E-state index contributed by atoms with van der Waals surface area (Å²) >= 11 is 1.47. The Morgan fingerprint density at radius 3 is 2.88 bits per heavy atom. The Morgan fingerprint density at radius 2 is 2.16 bits per heavy atom. The Kier molecular flexibility index (Phi) is 5.81. The van der Waals surface area contributed by atoms with Crippen LogP contribution < -0.4 is 9.47 Å². The molecule has 2 heterocycles. The van der Waals surface area contributed by atoms with Crippen molar-refractivity contribution in [2.24, 2.45) is 0 Å². The second kappa shape index (κ2) is 8.25. The first kappa shape index (κ1) is 17.6. The number of aromatic nitrogens is 1. The highest BCUT2D eigenvalue weighted by Gasteiger charge is 2.32. The quantitative estimate of drug-likeness (QED) is 0.739. The smallest absolute Gasteiger partial charge is 0.233 e. The zero-order chi connectivity index (χ0) is 17.6. The standard InChI is InChI=1S/C19H22N2O3S/c1-23-14-8-9-17(24-2)15(12-14)16-6-5-11-21(16)19(22)13-25-18-7-3-4-10-20-18/h3-4,7-10,12,16H,5-6,11,13H2,1-2H3. The van der Waals surface area contributed by atoms with Crippen molar-refractivity contribution >= 4 is 17.7 Å². The third-order valence-electron chi connectivity index (χ3n) is 4.35. The van der Waals surface area contributed by atoms with E-state index in [0.717, 1.165) is 41.5 Å². The molecule has 0 N–H and O–H groups in total. The molecule has 2 aromatic rings. The molecular weight excluding hydrogens is 336 g/mol. The van der Waals surface area contributed by atoms with Crippen molar-refractivity contribution in [2.45, 2.75) is 23.9 Å². The fourth-order valence-electron chi connectivity index (χ4n) is 3.14. The van der Waals surface area contributed by atoms with Gasteiger partial charge < -0.3 is 14.4 Å². The first-order chi connectivity index (χ1) is 12.2. The van der Waals surface area contributed by atoms with Gasteiger partial charge in [0.05, 0.1) is 31.0 Å². The van der Waals surface area contributed by atoms with E-state index in [0.29, 0.717) is 5.75 Å². The lowest BCUT2D eigenvalue weighted by molar-refractivity contribution is -0.129. The molecule has 25 heavy (non-hydrogen) atoms. The highest BCUT2D eigenvalue weighted by atomic mass is 32.2. The van der Waals surface area contributed by atoms with Crippen LogP contribution in [0.5, 0.6) is 11.5 Å². The fraction of sp³-hybridized carbons (Fsp3) is 0.368. The number of benzene rings is 1. The molecule has 1 aromatic carbocycles. The van der Waals surface area contributed by atoms with Gasteiger partial charge in [-0.25, -0.2) is 4.98 Å². The number of carbonyl (C=O) groups is 1. The van der Waals surface area contributed by atoms with Gasteiger partial charge in [0.1, 0.15) is 11.5 Å². The molecule has 132 valence electrons. The molecule has 0 aliphatic carbocycles. The van der Waals surface area contributed by atoms with Gasteiger partial charge in [-0.15, -0.1) is 0 Å². The third kappa shape index (κ3) is 4.07. The lowest BCUT2D eigenvalue weighted by atomic mass is 10.0. The van der Waals surface area contributed by atoms with Crippen molar-refractivity contribution in [1.82, 2.24) is 9.88 Å². The second-order valence-corrected chi connectivity index (χ2v) is 6.81. The number of carbonyl (C=O) groups excluding carboxylic acids is 1. The first-order valence-electron chi connectivity index (χ1n) is 8.28. The minimum atomic E-state index is 0.0295. The number of likely N-dealkylation sites (tertiary alicyclic amines) is 1. The van der Waals surface area contributed by atoms with E-state index in [2.05, 4.69) is 4.98 Å². The van der Waals surface area contributed by atoms with Crippen molar-refractivity contribution in [3.63, 3.8) is 0 Å². The molecule has 0 spiro atoms. The van der Waals surface area contributed by atoms with Crippen molar-refractivity contribution < 1.29 is 14.3 Å². The van der Waals surface area contributed by atoms with Crippen LogP contribution in [0, 0.1) is 0 Å². The molecule has 1 aromatic heterocycles. The van der Waals surface area contributed by atoms with Crippen molar-refractivity contribution in [3.8, 4) is 11.5 Å². The molecule has 0 saturated carbocycles. The number of nitrogens with zero attached hydrogens (tertiary/aromatic N) is 2. The zero-order valence-corrected chi connectivity index (χ0v) is 15.3. The van der Waals surface area contributed by atoms with Crippen LogP contribution in [0.4, 0.5) is 0 Å². The number of hydrogen-bond donors (Lipinski definition) is 0. The molecule has 1 aliphatic rings. The largest absolute Gasteiger partial charge is 0.497 e. The monoisotopic (exact) mass is 358 g/mol. The van der Waals surface area contributed by atoms with Gasteiger partial charge in [0.2, 0.25) is 5.91 Å². The van der Waals surface area contributed by atoms with E-state index in [1.807, 2.05) is 41.3 Å². The Hall–Kier alpha value is -2.21. The van der Waals surface area contributed by atoms with E-state index in [9.17, 15) is 4.79 Å². The second-order valence-electron chi connectivity index (χ2n) is 5.81. The van der Waals surface area contributed by atoms with E-state index in [4.69, 9.17) is 9.47 Å². The van der Waals surface area contributed by atoms with Crippen LogP contribution in [-0.2, 0) is 4.79 Å². The summed E-state index contributed by atoms with van der Waals surface area (Å²) < 4.78 is 10.8. The molecule has 1 atom stereocenters. The summed E-state index contributed by atoms with van der Waals surface area (Å²) in [5.74, 6) is 2.09. The number of ether oxygens (including phenoxy) is 2. The average Bonchev–Trinajstić information content (AvgIpc) is 3.16. The molecule has 1 amide bonds. The first-order valence-corrected chi connectivity index (χ1v) is 9.26. The Bertz CT molecular complexity index is 724. The van der Waals surface area contributed by atoms with E-state index in [1.54, 1.807) is 20.4 Å². The molecular formula is C19H22N2O3S. The lowest BCUT2D eigenvalue weighted by Crippen LogP contribution is -2.32. The maximum absolute atomic E-state index is 12.8. The number of thioether (sulfide) groups is 1. The zero-order valence-electron chi connectivity index (χ0n) is 14.5. The topological polar surface area (TPSA) is 51.7 Å². The van der Waals surface area contributed by atoms with Crippen molar-refractivity contribution in [1.29, 1.82) is 0 Å². The Labute approximate surface area is 152 Å². The molecule has 0 bridgehead atoms. The van der Waals surface area contributed by atoms with E-state index in [-0.39, 0.29) is 11.9 Å². The molecule has 1 aliphatic heterocycles. The van der Waals surface area contributed by atoms with E-state index >= 15 is 0 Å². The molecule has 1 fully saturated rings. The summed E-state index contributed by atoms with van der Waals surface area (Å²) in [5, 5.41) is 0.866. The minimum absolute atomic E-state index is 0.0295. The maximum atomic E-state index is 12.8. The minimum Gasteiger partial charge on any atom is -0.497 e. The predicted molar refractivity (Wildman–Crippen MR) is 98.2 cm³/mol. The Balaban J connectivity index is 1.75. The van der Waals surface area contributed by atoms with Crippen molar-refractivity contribution in [2.75, 3.05) is 26.5 Å². The molecule has 0 radical (unpaired) electrons. The van der Waals surface area contributed by atoms with Crippen molar-refractivity contribution in [3.05, 3.63) is 48.2 Å². The van der Waals surface area contributed by atoms with Gasteiger partial charge in [0.15, 0.2) is 0 Å². The van der Waals surface area contributed by atoms with Crippen LogP contribution in [-0.4, -0.2) is 42.3 Å². The van der Waals surface area contributed by atoms with Crippen LogP contribution in [0.3, 0.4) is 0 Å². The summed E-state index contributed by atoms with van der Waals surface area (Å²) in [5.41, 5.74) is 1.01. The van der Waals surface area contributed by atoms with Crippen LogP contribution in [0.25, 0.3) is 0 Å². The maximum Gasteiger partial charge on any atom is 0.233 e. The number of rotatable bonds is 6.